The molecule has 22 heavy (non-hydrogen) atoms. The second kappa shape index (κ2) is 5.79. The summed E-state index contributed by atoms with van der Waals surface area (Å²) >= 11 is 0. The summed E-state index contributed by atoms with van der Waals surface area (Å²) in [6.07, 6.45) is 0.538. The summed E-state index contributed by atoms with van der Waals surface area (Å²) < 4.78 is 10.0. The standard InChI is InChI=1S/C16H17NO5/c1-21-15(19)11-7-8-13(18)17-12(9-22-16(20)14(11)17)10-5-3-2-4-6-10/h2-6,11-12,14H,7-9H2,1H3/t11-,12+,14-/m0/s1. The molecule has 0 N–H and O–H groups in total. The van der Waals surface area contributed by atoms with Crippen molar-refractivity contribution in [1.82, 2.24) is 4.90 Å². The number of methoxy groups -OCH3 is 1. The van der Waals surface area contributed by atoms with Crippen molar-refractivity contribution in [2.75, 3.05) is 13.7 Å². The summed E-state index contributed by atoms with van der Waals surface area (Å²) in [5, 5.41) is 0. The minimum atomic E-state index is -0.896. The molecule has 6 nitrogen and oxygen atoms in total. The van der Waals surface area contributed by atoms with Gasteiger partial charge in [-0.1, -0.05) is 30.3 Å². The highest BCUT2D eigenvalue weighted by molar-refractivity contribution is 5.92. The molecular weight excluding hydrogens is 286 g/mol. The molecule has 3 rings (SSSR count). The smallest absolute Gasteiger partial charge is 0.329 e. The van der Waals surface area contributed by atoms with Crippen LogP contribution in [0.2, 0.25) is 0 Å². The molecule has 0 spiro atoms. The minimum Gasteiger partial charge on any atom is -0.469 e. The maximum absolute atomic E-state index is 12.4. The molecule has 1 amide bonds. The van der Waals surface area contributed by atoms with Crippen LogP contribution >= 0.6 is 0 Å². The Morgan fingerprint density at radius 1 is 1.27 bits per heavy atom. The molecule has 0 unspecified atom stereocenters. The van der Waals surface area contributed by atoms with E-state index in [0.717, 1.165) is 5.56 Å². The van der Waals surface area contributed by atoms with Crippen LogP contribution in [0.4, 0.5) is 0 Å². The fourth-order valence-corrected chi connectivity index (χ4v) is 3.22. The molecule has 116 valence electrons. The van der Waals surface area contributed by atoms with E-state index in [2.05, 4.69) is 0 Å². The third kappa shape index (κ3) is 2.34. The zero-order valence-electron chi connectivity index (χ0n) is 12.2. The zero-order valence-corrected chi connectivity index (χ0v) is 12.2. The van der Waals surface area contributed by atoms with E-state index >= 15 is 0 Å². The highest BCUT2D eigenvalue weighted by Crippen LogP contribution is 2.37. The number of carbonyl (C=O) groups is 3. The number of piperidine rings is 1. The zero-order chi connectivity index (χ0) is 15.7. The summed E-state index contributed by atoms with van der Waals surface area (Å²) in [5.74, 6) is -1.80. The molecule has 6 heteroatoms. The largest absolute Gasteiger partial charge is 0.469 e. The predicted octanol–water partition coefficient (Wildman–Crippen LogP) is 1.06. The lowest BCUT2D eigenvalue weighted by Gasteiger charge is -2.45. The first kappa shape index (κ1) is 14.6. The summed E-state index contributed by atoms with van der Waals surface area (Å²) in [5.41, 5.74) is 0.888. The molecule has 2 aliphatic rings. The quantitative estimate of drug-likeness (QED) is 0.764. The molecule has 2 fully saturated rings. The number of nitrogens with zero attached hydrogens (tertiary/aromatic N) is 1. The van der Waals surface area contributed by atoms with Gasteiger partial charge in [-0.05, 0) is 12.0 Å². The Kier molecular flexibility index (Phi) is 3.83. The number of amides is 1. The Morgan fingerprint density at radius 3 is 2.68 bits per heavy atom. The number of rotatable bonds is 2. The lowest BCUT2D eigenvalue weighted by Crippen LogP contribution is -2.60. The van der Waals surface area contributed by atoms with E-state index in [1.165, 1.54) is 12.0 Å². The highest BCUT2D eigenvalue weighted by atomic mass is 16.5. The number of morpholine rings is 1. The van der Waals surface area contributed by atoms with E-state index in [9.17, 15) is 14.4 Å². The maximum Gasteiger partial charge on any atom is 0.329 e. The molecule has 1 aromatic carbocycles. The summed E-state index contributed by atoms with van der Waals surface area (Å²) in [4.78, 5) is 38.0. The van der Waals surface area contributed by atoms with Crippen molar-refractivity contribution in [1.29, 1.82) is 0 Å². The molecule has 0 saturated carbocycles. The van der Waals surface area contributed by atoms with Gasteiger partial charge in [0.25, 0.3) is 0 Å². The average Bonchev–Trinajstić information content (AvgIpc) is 2.56. The van der Waals surface area contributed by atoms with Gasteiger partial charge in [-0.25, -0.2) is 4.79 Å². The Bertz CT molecular complexity index is 600. The van der Waals surface area contributed by atoms with E-state index in [1.807, 2.05) is 30.3 Å². The van der Waals surface area contributed by atoms with E-state index in [0.29, 0.717) is 6.42 Å². The van der Waals surface area contributed by atoms with Crippen LogP contribution in [0.5, 0.6) is 0 Å². The number of esters is 2. The number of benzene rings is 1. The topological polar surface area (TPSA) is 72.9 Å². The second-order valence-corrected chi connectivity index (χ2v) is 5.47. The van der Waals surface area contributed by atoms with Crippen molar-refractivity contribution >= 4 is 17.8 Å². The molecule has 2 saturated heterocycles. The number of hydrogen-bond acceptors (Lipinski definition) is 5. The van der Waals surface area contributed by atoms with Gasteiger partial charge in [0.2, 0.25) is 5.91 Å². The van der Waals surface area contributed by atoms with Gasteiger partial charge >= 0.3 is 11.9 Å². The van der Waals surface area contributed by atoms with Crippen LogP contribution in [0.1, 0.15) is 24.4 Å². The number of fused-ring (bicyclic) bond motifs is 1. The molecule has 0 radical (unpaired) electrons. The fraction of sp³-hybridized carbons (Fsp3) is 0.438. The van der Waals surface area contributed by atoms with Gasteiger partial charge in [0.15, 0.2) is 0 Å². The van der Waals surface area contributed by atoms with Crippen LogP contribution in [0.15, 0.2) is 30.3 Å². The van der Waals surface area contributed by atoms with Crippen LogP contribution in [0.25, 0.3) is 0 Å². The average molecular weight is 303 g/mol. The lowest BCUT2D eigenvalue weighted by atomic mass is 9.85. The van der Waals surface area contributed by atoms with Crippen molar-refractivity contribution in [3.05, 3.63) is 35.9 Å². The van der Waals surface area contributed by atoms with Gasteiger partial charge in [-0.2, -0.15) is 0 Å². The number of ether oxygens (including phenoxy) is 2. The summed E-state index contributed by atoms with van der Waals surface area (Å²) in [6, 6.07) is 8.13. The van der Waals surface area contributed by atoms with Crippen molar-refractivity contribution < 1.29 is 23.9 Å². The second-order valence-electron chi connectivity index (χ2n) is 5.47. The van der Waals surface area contributed by atoms with Crippen molar-refractivity contribution in [2.45, 2.75) is 24.9 Å². The third-order valence-electron chi connectivity index (χ3n) is 4.29. The Morgan fingerprint density at radius 2 is 2.00 bits per heavy atom. The van der Waals surface area contributed by atoms with Gasteiger partial charge in [0.05, 0.1) is 19.1 Å². The van der Waals surface area contributed by atoms with Gasteiger partial charge in [0.1, 0.15) is 12.6 Å². The van der Waals surface area contributed by atoms with Gasteiger partial charge in [0, 0.05) is 6.42 Å². The third-order valence-corrected chi connectivity index (χ3v) is 4.29. The van der Waals surface area contributed by atoms with Gasteiger partial charge in [-0.3, -0.25) is 9.59 Å². The maximum atomic E-state index is 12.4. The summed E-state index contributed by atoms with van der Waals surface area (Å²) in [7, 11) is 1.28. The molecular formula is C16H17NO5. The first-order chi connectivity index (χ1) is 10.6. The van der Waals surface area contributed by atoms with Crippen LogP contribution < -0.4 is 0 Å². The number of carbonyl (C=O) groups excluding carboxylic acids is 3. The van der Waals surface area contributed by atoms with Crippen molar-refractivity contribution in [3.8, 4) is 0 Å². The highest BCUT2D eigenvalue weighted by Gasteiger charge is 2.51. The van der Waals surface area contributed by atoms with E-state index in [-0.39, 0.29) is 25.0 Å². The SMILES string of the molecule is COC(=O)[C@H]1CCC(=O)N2[C@@H](c3ccccc3)COC(=O)[C@H]12. The van der Waals surface area contributed by atoms with E-state index in [4.69, 9.17) is 9.47 Å². The molecule has 2 heterocycles. The first-order valence-electron chi connectivity index (χ1n) is 7.24. The minimum absolute atomic E-state index is 0.110. The fourth-order valence-electron chi connectivity index (χ4n) is 3.22. The lowest BCUT2D eigenvalue weighted by molar-refractivity contribution is -0.182. The van der Waals surface area contributed by atoms with Crippen LogP contribution in [0.3, 0.4) is 0 Å². The first-order valence-corrected chi connectivity index (χ1v) is 7.24. The molecule has 3 atom stereocenters. The monoisotopic (exact) mass is 303 g/mol. The van der Waals surface area contributed by atoms with Crippen LogP contribution in [-0.2, 0) is 23.9 Å². The molecule has 0 bridgehead atoms. The van der Waals surface area contributed by atoms with Gasteiger partial charge in [-0.15, -0.1) is 0 Å². The molecule has 0 aliphatic carbocycles. The van der Waals surface area contributed by atoms with Gasteiger partial charge < -0.3 is 14.4 Å². The Balaban J connectivity index is 1.98. The molecule has 2 aliphatic heterocycles. The normalized spacial score (nSPS) is 27.9. The van der Waals surface area contributed by atoms with Crippen LogP contribution in [0, 0.1) is 5.92 Å². The number of cyclic esters (lactones) is 1. The van der Waals surface area contributed by atoms with Crippen molar-refractivity contribution in [2.24, 2.45) is 5.92 Å². The predicted molar refractivity (Wildman–Crippen MR) is 75.5 cm³/mol. The molecule has 1 aromatic rings. The summed E-state index contributed by atoms with van der Waals surface area (Å²) in [6.45, 7) is 0.110. The molecule has 0 aromatic heterocycles. The van der Waals surface area contributed by atoms with E-state index in [1.54, 1.807) is 0 Å². The number of hydrogen-bond donors (Lipinski definition) is 0. The van der Waals surface area contributed by atoms with Crippen LogP contribution in [-0.4, -0.2) is 42.5 Å². The Labute approximate surface area is 128 Å². The Hall–Kier alpha value is -2.37. The van der Waals surface area contributed by atoms with E-state index < -0.39 is 23.9 Å². The van der Waals surface area contributed by atoms with Crippen molar-refractivity contribution in [3.63, 3.8) is 0 Å².